The molecule has 2 nitrogen and oxygen atoms in total. The number of carbonyl (C=O) groups excluding carboxylic acids is 2. The number of fused-ring (bicyclic) bond motifs is 1. The summed E-state index contributed by atoms with van der Waals surface area (Å²) in [4.78, 5) is 22.4. The van der Waals surface area contributed by atoms with Crippen LogP contribution >= 0.6 is 0 Å². The molecule has 212 valence electrons. The third-order valence-electron chi connectivity index (χ3n) is 8.54. The molecule has 1 saturated carbocycles. The molecule has 1 fully saturated rings. The topological polar surface area (TPSA) is 34.1 Å². The van der Waals surface area contributed by atoms with Crippen LogP contribution in [0.15, 0.2) is 48.1 Å². The van der Waals surface area contributed by atoms with Crippen molar-refractivity contribution >= 4 is 11.6 Å². The third-order valence-corrected chi connectivity index (χ3v) is 8.54. The van der Waals surface area contributed by atoms with Crippen molar-refractivity contribution in [1.29, 1.82) is 0 Å². The van der Waals surface area contributed by atoms with Crippen molar-refractivity contribution in [3.8, 4) is 0 Å². The summed E-state index contributed by atoms with van der Waals surface area (Å²) in [7, 11) is 0. The van der Waals surface area contributed by atoms with Crippen LogP contribution in [0.1, 0.15) is 130 Å². The van der Waals surface area contributed by atoms with E-state index in [2.05, 4.69) is 67.2 Å². The lowest BCUT2D eigenvalue weighted by Crippen LogP contribution is -2.34. The number of Topliss-reactive ketones (excluding diaryl/α,β-unsaturated/α-hetero) is 2. The quantitative estimate of drug-likeness (QED) is 0.276. The summed E-state index contributed by atoms with van der Waals surface area (Å²) in [6, 6.07) is 4.85. The summed E-state index contributed by atoms with van der Waals surface area (Å²) in [5, 5.41) is 0. The fraction of sp³-hybridized carbons (Fsp3) is 0.611. The highest BCUT2D eigenvalue weighted by Gasteiger charge is 2.37. The predicted octanol–water partition coefficient (Wildman–Crippen LogP) is 9.96. The zero-order valence-electron chi connectivity index (χ0n) is 26.5. The summed E-state index contributed by atoms with van der Waals surface area (Å²) in [5.74, 6) is 1.71. The lowest BCUT2D eigenvalue weighted by molar-refractivity contribution is -0.121. The molecule has 0 spiro atoms. The Hall–Kier alpha value is -2.22. The number of benzene rings is 1. The second kappa shape index (κ2) is 14.8. The summed E-state index contributed by atoms with van der Waals surface area (Å²) < 4.78 is 0. The van der Waals surface area contributed by atoms with Gasteiger partial charge in [0.1, 0.15) is 5.78 Å². The Balaban J connectivity index is 0.000000501. The maximum absolute atomic E-state index is 11.5. The van der Waals surface area contributed by atoms with E-state index in [9.17, 15) is 9.59 Å². The van der Waals surface area contributed by atoms with Crippen molar-refractivity contribution in [3.63, 3.8) is 0 Å². The fourth-order valence-electron chi connectivity index (χ4n) is 5.54. The molecule has 0 aliphatic heterocycles. The van der Waals surface area contributed by atoms with E-state index in [1.165, 1.54) is 53.5 Å². The maximum Gasteiger partial charge on any atom is 0.159 e. The molecule has 1 aromatic rings. The molecule has 2 aliphatic carbocycles. The summed E-state index contributed by atoms with van der Waals surface area (Å²) in [6.07, 6.45) is 13.7. The molecule has 0 aromatic heterocycles. The van der Waals surface area contributed by atoms with Crippen LogP contribution in [-0.2, 0) is 26.8 Å². The van der Waals surface area contributed by atoms with Gasteiger partial charge in [-0.25, -0.2) is 0 Å². The van der Waals surface area contributed by atoms with Gasteiger partial charge in [0, 0.05) is 11.5 Å². The third kappa shape index (κ3) is 9.51. The highest BCUT2D eigenvalue weighted by Crippen LogP contribution is 2.46. The molecule has 0 heterocycles. The molecule has 0 unspecified atom stereocenters. The molecule has 2 heteroatoms. The monoisotopic (exact) mass is 520 g/mol. The predicted molar refractivity (Wildman–Crippen MR) is 166 cm³/mol. The van der Waals surface area contributed by atoms with E-state index in [0.717, 1.165) is 25.2 Å². The van der Waals surface area contributed by atoms with Gasteiger partial charge >= 0.3 is 0 Å². The number of rotatable bonds is 6. The van der Waals surface area contributed by atoms with E-state index in [0.29, 0.717) is 17.3 Å². The molecule has 0 atom stereocenters. The van der Waals surface area contributed by atoms with Gasteiger partial charge in [-0.2, -0.15) is 0 Å². The number of hydrogen-bond acceptors (Lipinski definition) is 2. The lowest BCUT2D eigenvalue weighted by Gasteiger charge is -2.42. The second-order valence-electron chi connectivity index (χ2n) is 12.7. The normalized spacial score (nSPS) is 22.1. The first-order chi connectivity index (χ1) is 17.7. The Morgan fingerprint density at radius 2 is 1.39 bits per heavy atom. The van der Waals surface area contributed by atoms with Crippen molar-refractivity contribution in [1.82, 2.24) is 0 Å². The fourth-order valence-corrected chi connectivity index (χ4v) is 5.54. The van der Waals surface area contributed by atoms with Gasteiger partial charge in [-0.1, -0.05) is 104 Å². The van der Waals surface area contributed by atoms with E-state index >= 15 is 0 Å². The van der Waals surface area contributed by atoms with Crippen LogP contribution in [-0.4, -0.2) is 11.6 Å². The van der Waals surface area contributed by atoms with E-state index in [-0.39, 0.29) is 16.6 Å². The number of carbonyl (C=O) groups is 2. The summed E-state index contributed by atoms with van der Waals surface area (Å²) in [6.45, 7) is 27.1. The zero-order chi connectivity index (χ0) is 29.3. The van der Waals surface area contributed by atoms with Crippen molar-refractivity contribution < 1.29 is 9.59 Å². The van der Waals surface area contributed by atoms with E-state index in [1.807, 2.05) is 26.0 Å². The summed E-state index contributed by atoms with van der Waals surface area (Å²) >= 11 is 0. The first-order valence-electron chi connectivity index (χ1n) is 14.8. The highest BCUT2D eigenvalue weighted by molar-refractivity contribution is 5.96. The van der Waals surface area contributed by atoms with Gasteiger partial charge < -0.3 is 0 Å². The van der Waals surface area contributed by atoms with Crippen LogP contribution < -0.4 is 0 Å². The van der Waals surface area contributed by atoms with Crippen LogP contribution in [0.4, 0.5) is 0 Å². The molecule has 0 radical (unpaired) electrons. The zero-order valence-corrected chi connectivity index (χ0v) is 26.5. The van der Waals surface area contributed by atoms with E-state index < -0.39 is 0 Å². The van der Waals surface area contributed by atoms with Crippen molar-refractivity contribution in [2.45, 2.75) is 132 Å². The number of allylic oxidation sites excluding steroid dienone is 5. The van der Waals surface area contributed by atoms with Crippen LogP contribution in [0.5, 0.6) is 0 Å². The molecule has 0 saturated heterocycles. The Bertz CT molecular complexity index is 1020. The number of hydrogen-bond donors (Lipinski definition) is 0. The van der Waals surface area contributed by atoms with Crippen LogP contribution in [0.25, 0.3) is 0 Å². The molecular weight excluding hydrogens is 464 g/mol. The SMILES string of the molecule is C=C/C(=C\C=C(/C)Cc1cc2c(cc1C)C(C)(C)CCC2(C)C)C(C)=O.CC.CC(=O)C1CCC(C)CC1. The van der Waals surface area contributed by atoms with Crippen molar-refractivity contribution in [2.24, 2.45) is 11.8 Å². The van der Waals surface area contributed by atoms with Crippen LogP contribution in [0.3, 0.4) is 0 Å². The smallest absolute Gasteiger partial charge is 0.159 e. The van der Waals surface area contributed by atoms with Crippen LogP contribution in [0.2, 0.25) is 0 Å². The Morgan fingerprint density at radius 3 is 1.84 bits per heavy atom. The van der Waals surface area contributed by atoms with Crippen molar-refractivity contribution in [2.75, 3.05) is 0 Å². The molecule has 1 aromatic carbocycles. The lowest BCUT2D eigenvalue weighted by atomic mass is 9.62. The molecular formula is C36H56O2. The van der Waals surface area contributed by atoms with Gasteiger partial charge in [-0.3, -0.25) is 9.59 Å². The molecule has 0 N–H and O–H groups in total. The second-order valence-corrected chi connectivity index (χ2v) is 12.7. The maximum atomic E-state index is 11.5. The molecule has 0 amide bonds. The summed E-state index contributed by atoms with van der Waals surface area (Å²) in [5.41, 5.74) is 8.17. The minimum Gasteiger partial charge on any atom is -0.300 e. The van der Waals surface area contributed by atoms with Gasteiger partial charge in [0.15, 0.2) is 5.78 Å². The van der Waals surface area contributed by atoms with Gasteiger partial charge in [-0.15, -0.1) is 0 Å². The molecule has 2 aliphatic rings. The molecule has 0 bridgehead atoms. The standard InChI is InChI=1S/C25H34O.C9H16O.C2H6/c1-9-20(19(4)26)11-10-17(2)14-21-16-23-22(15-18(21)3)24(5,6)12-13-25(23,7)8;1-7-3-5-9(6-4-7)8(2)10;1-2/h9-11,15-16H,1,12-14H2,2-8H3;7,9H,3-6H2,1-2H3;1-2H3/b17-10+,20-11+;;. The van der Waals surface area contributed by atoms with E-state index in [4.69, 9.17) is 0 Å². The molecule has 3 rings (SSSR count). The first kappa shape index (κ1) is 33.8. The Labute approximate surface area is 235 Å². The van der Waals surface area contributed by atoms with Crippen LogP contribution in [0, 0.1) is 18.8 Å². The van der Waals surface area contributed by atoms with Gasteiger partial charge in [0.2, 0.25) is 0 Å². The minimum absolute atomic E-state index is 0.0537. The minimum atomic E-state index is 0.0537. The molecule has 38 heavy (non-hydrogen) atoms. The Kier molecular flexibility index (Phi) is 13.2. The highest BCUT2D eigenvalue weighted by atomic mass is 16.1. The first-order valence-corrected chi connectivity index (χ1v) is 14.8. The van der Waals surface area contributed by atoms with Gasteiger partial charge in [-0.05, 0) is 98.8 Å². The van der Waals surface area contributed by atoms with Gasteiger partial charge in [0.25, 0.3) is 0 Å². The number of ketones is 2. The van der Waals surface area contributed by atoms with Gasteiger partial charge in [0.05, 0.1) is 0 Å². The Morgan fingerprint density at radius 1 is 0.895 bits per heavy atom. The average molecular weight is 521 g/mol. The van der Waals surface area contributed by atoms with Crippen molar-refractivity contribution in [3.05, 3.63) is 70.3 Å². The average Bonchev–Trinajstić information content (AvgIpc) is 2.85. The number of aryl methyl sites for hydroxylation is 1. The largest absolute Gasteiger partial charge is 0.300 e. The van der Waals surface area contributed by atoms with E-state index in [1.54, 1.807) is 19.9 Å².